The minimum absolute atomic E-state index is 0.0503. The lowest BCUT2D eigenvalue weighted by Gasteiger charge is -2.10. The van der Waals surface area contributed by atoms with Crippen LogP contribution in [0.3, 0.4) is 0 Å². The fourth-order valence-corrected chi connectivity index (χ4v) is 3.72. The molecule has 4 N–H and O–H groups in total. The number of aromatic amines is 1. The molecule has 0 fully saturated rings. The van der Waals surface area contributed by atoms with Crippen molar-refractivity contribution >= 4 is 33.4 Å². The molecule has 10 heteroatoms. The zero-order chi connectivity index (χ0) is 23.6. The molecule has 3 aromatic carbocycles. The zero-order valence-electron chi connectivity index (χ0n) is 17.1. The predicted octanol–water partition coefficient (Wildman–Crippen LogP) is 4.71. The number of halogens is 3. The molecule has 0 amide bonds. The van der Waals surface area contributed by atoms with Gasteiger partial charge in [-0.15, -0.1) is 0 Å². The molecular weight excluding hydrogens is 453 g/mol. The Balaban J connectivity index is 1.58. The van der Waals surface area contributed by atoms with Gasteiger partial charge in [0.2, 0.25) is 0 Å². The molecule has 0 radical (unpaired) electrons. The van der Waals surface area contributed by atoms with Gasteiger partial charge < -0.3 is 4.98 Å². The number of benzene rings is 3. The molecule has 0 spiro atoms. The van der Waals surface area contributed by atoms with Crippen LogP contribution in [0, 0.1) is 0 Å². The van der Waals surface area contributed by atoms with Gasteiger partial charge in [-0.25, -0.2) is 10.1 Å². The third-order valence-corrected chi connectivity index (χ3v) is 5.51. The Bertz CT molecular complexity index is 1430. The number of nitrogens with two attached hydrogens (primary N) is 1. The highest BCUT2D eigenvalue weighted by atomic mass is 32.2. The van der Waals surface area contributed by atoms with Crippen LogP contribution in [0.2, 0.25) is 0 Å². The highest BCUT2D eigenvalue weighted by Crippen LogP contribution is 2.30. The summed E-state index contributed by atoms with van der Waals surface area (Å²) in [7, 11) is -3.82. The summed E-state index contributed by atoms with van der Waals surface area (Å²) in [4.78, 5) is 7.69. The van der Waals surface area contributed by atoms with E-state index in [1.807, 2.05) is 30.3 Å². The summed E-state index contributed by atoms with van der Waals surface area (Å²) in [5.41, 5.74) is 3.82. The third-order valence-electron chi connectivity index (χ3n) is 4.97. The summed E-state index contributed by atoms with van der Waals surface area (Å²) < 4.78 is 62.9. The molecule has 0 atom stereocenters. The number of rotatable bonds is 6. The monoisotopic (exact) mass is 472 g/mol. The van der Waals surface area contributed by atoms with Gasteiger partial charge in [0, 0.05) is 6.54 Å². The third kappa shape index (κ3) is 5.67. The maximum absolute atomic E-state index is 12.7. The zero-order valence-corrected chi connectivity index (χ0v) is 17.9. The molecule has 0 aliphatic carbocycles. The van der Waals surface area contributed by atoms with E-state index in [-0.39, 0.29) is 6.54 Å². The predicted molar refractivity (Wildman–Crippen MR) is 122 cm³/mol. The van der Waals surface area contributed by atoms with Crippen LogP contribution < -0.4 is 9.86 Å². The highest BCUT2D eigenvalue weighted by Gasteiger charge is 2.29. The van der Waals surface area contributed by atoms with Crippen molar-refractivity contribution in [1.82, 2.24) is 14.7 Å². The molecule has 170 valence electrons. The number of hydrogen-bond donors (Lipinski definition) is 3. The Morgan fingerprint density at radius 1 is 1.00 bits per heavy atom. The van der Waals surface area contributed by atoms with Crippen LogP contribution in [0.5, 0.6) is 0 Å². The van der Waals surface area contributed by atoms with E-state index in [4.69, 9.17) is 5.14 Å². The molecule has 0 unspecified atom stereocenters. The second kappa shape index (κ2) is 8.81. The van der Waals surface area contributed by atoms with Crippen LogP contribution in [0.15, 0.2) is 66.7 Å². The van der Waals surface area contributed by atoms with Crippen LogP contribution in [-0.2, 0) is 22.9 Å². The van der Waals surface area contributed by atoms with Gasteiger partial charge in [-0.3, -0.25) is 0 Å². The number of nitrogens with one attached hydrogen (secondary N) is 2. The summed E-state index contributed by atoms with van der Waals surface area (Å²) in [6.45, 7) is 0.0503. The SMILES string of the molecule is NS(=O)(=O)NCc1ccccc1-c1ccc2[nH]c(/C=C/c3ccc(C(F)(F)F)cc3)nc2c1. The standard InChI is InChI=1S/C23H19F3N4O2S/c24-23(25,26)18-9-5-15(6-10-18)7-12-22-29-20-11-8-16(13-21(20)30-22)19-4-2-1-3-17(19)14-28-33(27,31)32/h1-13,28H,14H2,(H,29,30)(H2,27,31,32)/b12-7+. The van der Waals surface area contributed by atoms with Crippen molar-refractivity contribution in [3.05, 3.63) is 89.2 Å². The van der Waals surface area contributed by atoms with Gasteiger partial charge in [0.15, 0.2) is 0 Å². The number of aromatic nitrogens is 2. The fraction of sp³-hybridized carbons (Fsp3) is 0.0870. The van der Waals surface area contributed by atoms with Crippen molar-refractivity contribution in [2.45, 2.75) is 12.7 Å². The van der Waals surface area contributed by atoms with Crippen molar-refractivity contribution in [3.8, 4) is 11.1 Å². The van der Waals surface area contributed by atoms with Crippen molar-refractivity contribution < 1.29 is 21.6 Å². The molecule has 33 heavy (non-hydrogen) atoms. The van der Waals surface area contributed by atoms with Crippen LogP contribution in [0.1, 0.15) is 22.5 Å². The van der Waals surface area contributed by atoms with Gasteiger partial charge >= 0.3 is 6.18 Å². The molecule has 0 saturated heterocycles. The van der Waals surface area contributed by atoms with Crippen LogP contribution in [0.25, 0.3) is 34.3 Å². The summed E-state index contributed by atoms with van der Waals surface area (Å²) in [6.07, 6.45) is -1.01. The first-order valence-corrected chi connectivity index (χ1v) is 11.3. The van der Waals surface area contributed by atoms with E-state index < -0.39 is 21.9 Å². The van der Waals surface area contributed by atoms with E-state index in [0.717, 1.165) is 34.3 Å². The summed E-state index contributed by atoms with van der Waals surface area (Å²) >= 11 is 0. The Morgan fingerprint density at radius 3 is 2.42 bits per heavy atom. The van der Waals surface area contributed by atoms with Gasteiger partial charge in [0.05, 0.1) is 16.6 Å². The maximum Gasteiger partial charge on any atom is 0.416 e. The first-order chi connectivity index (χ1) is 15.6. The van der Waals surface area contributed by atoms with E-state index in [9.17, 15) is 21.6 Å². The first kappa shape index (κ1) is 22.7. The van der Waals surface area contributed by atoms with Crippen LogP contribution in [0.4, 0.5) is 13.2 Å². The molecule has 4 aromatic rings. The quantitative estimate of drug-likeness (QED) is 0.379. The summed E-state index contributed by atoms with van der Waals surface area (Å²) in [5.74, 6) is 0.547. The Hall–Kier alpha value is -3.47. The number of fused-ring (bicyclic) bond motifs is 1. The van der Waals surface area contributed by atoms with E-state index in [1.54, 1.807) is 24.3 Å². The minimum atomic E-state index is -4.37. The Labute approximate surface area is 188 Å². The van der Waals surface area contributed by atoms with E-state index in [2.05, 4.69) is 14.7 Å². The second-order valence-electron chi connectivity index (χ2n) is 7.33. The number of hydrogen-bond acceptors (Lipinski definition) is 3. The average molecular weight is 472 g/mol. The van der Waals surface area contributed by atoms with Crippen LogP contribution in [-0.4, -0.2) is 18.4 Å². The Kier molecular flexibility index (Phi) is 6.07. The fourth-order valence-electron chi connectivity index (χ4n) is 3.36. The summed E-state index contributed by atoms with van der Waals surface area (Å²) in [6, 6.07) is 17.8. The molecule has 0 bridgehead atoms. The number of H-pyrrole nitrogens is 1. The van der Waals surface area contributed by atoms with Crippen molar-refractivity contribution in [2.75, 3.05) is 0 Å². The smallest absolute Gasteiger partial charge is 0.338 e. The second-order valence-corrected chi connectivity index (χ2v) is 8.71. The summed E-state index contributed by atoms with van der Waals surface area (Å²) in [5, 5.41) is 5.04. The number of nitrogens with zero attached hydrogens (tertiary/aromatic N) is 1. The van der Waals surface area contributed by atoms with Crippen molar-refractivity contribution in [1.29, 1.82) is 0 Å². The van der Waals surface area contributed by atoms with Gasteiger partial charge in [0.25, 0.3) is 10.2 Å². The lowest BCUT2D eigenvalue weighted by molar-refractivity contribution is -0.137. The van der Waals surface area contributed by atoms with Crippen molar-refractivity contribution in [2.24, 2.45) is 5.14 Å². The molecule has 0 aliphatic rings. The molecule has 6 nitrogen and oxygen atoms in total. The molecular formula is C23H19F3N4O2S. The highest BCUT2D eigenvalue weighted by molar-refractivity contribution is 7.87. The topological polar surface area (TPSA) is 101 Å². The average Bonchev–Trinajstić information content (AvgIpc) is 3.18. The largest absolute Gasteiger partial charge is 0.416 e. The van der Waals surface area contributed by atoms with Gasteiger partial charge in [-0.05, 0) is 52.6 Å². The lowest BCUT2D eigenvalue weighted by atomic mass is 9.99. The Morgan fingerprint density at radius 2 is 1.73 bits per heavy atom. The van der Waals surface area contributed by atoms with E-state index >= 15 is 0 Å². The molecule has 4 rings (SSSR count). The first-order valence-electron chi connectivity index (χ1n) is 9.79. The molecule has 1 heterocycles. The molecule has 0 saturated carbocycles. The van der Waals surface area contributed by atoms with Gasteiger partial charge in [-0.2, -0.15) is 26.3 Å². The molecule has 1 aromatic heterocycles. The number of alkyl halides is 3. The van der Waals surface area contributed by atoms with Gasteiger partial charge in [0.1, 0.15) is 5.82 Å². The lowest BCUT2D eigenvalue weighted by Crippen LogP contribution is -2.30. The molecule has 0 aliphatic heterocycles. The van der Waals surface area contributed by atoms with E-state index in [1.165, 1.54) is 12.1 Å². The van der Waals surface area contributed by atoms with E-state index in [0.29, 0.717) is 16.9 Å². The number of imidazole rings is 1. The van der Waals surface area contributed by atoms with Crippen molar-refractivity contribution in [3.63, 3.8) is 0 Å². The normalized spacial score (nSPS) is 12.6. The van der Waals surface area contributed by atoms with Crippen LogP contribution >= 0.6 is 0 Å². The maximum atomic E-state index is 12.7. The minimum Gasteiger partial charge on any atom is -0.338 e. The van der Waals surface area contributed by atoms with Gasteiger partial charge in [-0.1, -0.05) is 48.5 Å².